The van der Waals surface area contributed by atoms with E-state index in [4.69, 9.17) is 0 Å². The van der Waals surface area contributed by atoms with E-state index in [2.05, 4.69) is 9.80 Å². The lowest BCUT2D eigenvalue weighted by atomic mass is 10.1. The number of nitrogens with zero attached hydrogens (tertiary/aromatic N) is 4. The van der Waals surface area contributed by atoms with E-state index in [1.165, 1.54) is 0 Å². The molecule has 1 N–H and O–H groups in total. The van der Waals surface area contributed by atoms with Crippen LogP contribution in [0.4, 0.5) is 5.69 Å². The fourth-order valence-electron chi connectivity index (χ4n) is 4.24. The summed E-state index contributed by atoms with van der Waals surface area (Å²) in [5.74, 6) is 0.317. The zero-order chi connectivity index (χ0) is 20.4. The molecular weight excluding hydrogens is 368 g/mol. The lowest BCUT2D eigenvalue weighted by Gasteiger charge is -2.36. The molecule has 2 aliphatic rings. The highest BCUT2D eigenvalue weighted by atomic mass is 16.3. The number of rotatable bonds is 5. The molecular formula is C22H28N4O3. The smallest absolute Gasteiger partial charge is 0.271 e. The summed E-state index contributed by atoms with van der Waals surface area (Å²) in [5, 5.41) is 9.43. The molecule has 1 saturated heterocycles. The highest BCUT2D eigenvalue weighted by Crippen LogP contribution is 2.21. The van der Waals surface area contributed by atoms with Crippen molar-refractivity contribution in [2.75, 3.05) is 50.7 Å². The van der Waals surface area contributed by atoms with Crippen LogP contribution in [0, 0.1) is 0 Å². The first kappa shape index (κ1) is 19.5. The summed E-state index contributed by atoms with van der Waals surface area (Å²) >= 11 is 0. The van der Waals surface area contributed by atoms with Gasteiger partial charge in [0, 0.05) is 70.2 Å². The van der Waals surface area contributed by atoms with E-state index in [0.717, 1.165) is 44.8 Å². The fourth-order valence-corrected chi connectivity index (χ4v) is 4.24. The highest BCUT2D eigenvalue weighted by molar-refractivity contribution is 6.08. The van der Waals surface area contributed by atoms with Crippen LogP contribution in [0.2, 0.25) is 0 Å². The SMILES string of the molecule is Cn1ccc2c1C(=O)N(CCCN1CCN(c3ccc(O)cc3)CC1)CCC2=O. The van der Waals surface area contributed by atoms with Gasteiger partial charge in [-0.25, -0.2) is 0 Å². The predicted octanol–water partition coefficient (Wildman–Crippen LogP) is 1.97. The van der Waals surface area contributed by atoms with Crippen molar-refractivity contribution in [3.63, 3.8) is 0 Å². The number of carbonyl (C=O) groups is 2. The monoisotopic (exact) mass is 396 g/mol. The minimum absolute atomic E-state index is 0.0319. The van der Waals surface area contributed by atoms with Gasteiger partial charge in [-0.15, -0.1) is 0 Å². The molecule has 0 spiro atoms. The van der Waals surface area contributed by atoms with Crippen molar-refractivity contribution in [2.24, 2.45) is 7.05 Å². The number of amides is 1. The Morgan fingerprint density at radius 2 is 1.66 bits per heavy atom. The molecule has 2 aromatic rings. The summed E-state index contributed by atoms with van der Waals surface area (Å²) < 4.78 is 1.76. The number of benzene rings is 1. The average molecular weight is 396 g/mol. The second-order valence-corrected chi connectivity index (χ2v) is 7.85. The van der Waals surface area contributed by atoms with Gasteiger partial charge in [0.2, 0.25) is 0 Å². The molecule has 29 heavy (non-hydrogen) atoms. The Balaban J connectivity index is 1.27. The van der Waals surface area contributed by atoms with Crippen LogP contribution in [0.3, 0.4) is 0 Å². The third kappa shape index (κ3) is 4.15. The largest absolute Gasteiger partial charge is 0.508 e. The van der Waals surface area contributed by atoms with Crippen LogP contribution < -0.4 is 4.90 Å². The first-order valence-electron chi connectivity index (χ1n) is 10.3. The van der Waals surface area contributed by atoms with E-state index in [-0.39, 0.29) is 11.7 Å². The van der Waals surface area contributed by atoms with Crippen LogP contribution >= 0.6 is 0 Å². The Kier molecular flexibility index (Phi) is 5.58. The number of piperazine rings is 1. The van der Waals surface area contributed by atoms with Crippen molar-refractivity contribution < 1.29 is 14.7 Å². The number of phenols is 1. The molecule has 154 valence electrons. The van der Waals surface area contributed by atoms with Crippen LogP contribution in [0.1, 0.15) is 33.7 Å². The number of fused-ring (bicyclic) bond motifs is 1. The molecule has 7 heteroatoms. The van der Waals surface area contributed by atoms with Gasteiger partial charge in [-0.3, -0.25) is 14.5 Å². The Hall–Kier alpha value is -2.80. The van der Waals surface area contributed by atoms with Crippen LogP contribution in [0.5, 0.6) is 5.75 Å². The van der Waals surface area contributed by atoms with E-state index < -0.39 is 0 Å². The number of ketones is 1. The maximum atomic E-state index is 12.9. The molecule has 1 amide bonds. The van der Waals surface area contributed by atoms with Crippen LogP contribution in [0.25, 0.3) is 0 Å². The first-order valence-corrected chi connectivity index (χ1v) is 10.3. The summed E-state index contributed by atoms with van der Waals surface area (Å²) in [6, 6.07) is 9.11. The zero-order valence-electron chi connectivity index (χ0n) is 16.9. The number of aryl methyl sites for hydroxylation is 1. The van der Waals surface area contributed by atoms with Crippen molar-refractivity contribution in [2.45, 2.75) is 12.8 Å². The van der Waals surface area contributed by atoms with Gasteiger partial charge in [-0.2, -0.15) is 0 Å². The van der Waals surface area contributed by atoms with Crippen molar-refractivity contribution >= 4 is 17.4 Å². The third-order valence-corrected chi connectivity index (χ3v) is 5.96. The number of carbonyl (C=O) groups excluding carboxylic acids is 2. The zero-order valence-corrected chi connectivity index (χ0v) is 16.9. The molecule has 0 saturated carbocycles. The van der Waals surface area contributed by atoms with Crippen molar-refractivity contribution in [1.29, 1.82) is 0 Å². The summed E-state index contributed by atoms with van der Waals surface area (Å²) in [5.41, 5.74) is 2.22. The molecule has 0 unspecified atom stereocenters. The van der Waals surface area contributed by atoms with E-state index >= 15 is 0 Å². The number of hydrogen-bond donors (Lipinski definition) is 1. The van der Waals surface area contributed by atoms with Gasteiger partial charge in [-0.05, 0) is 43.3 Å². The van der Waals surface area contributed by atoms with Gasteiger partial charge in [0.25, 0.3) is 5.91 Å². The second-order valence-electron chi connectivity index (χ2n) is 7.85. The Labute approximate surface area is 171 Å². The van der Waals surface area contributed by atoms with Gasteiger partial charge >= 0.3 is 0 Å². The standard InChI is InChI=1S/C22H28N4O3/c1-23-11-7-19-20(28)8-12-26(22(29)21(19)23)10-2-9-24-13-15-25(16-14-24)17-3-5-18(27)6-4-17/h3-7,11,27H,2,8-10,12-16H2,1H3. The van der Waals surface area contributed by atoms with Gasteiger partial charge in [0.1, 0.15) is 11.4 Å². The Morgan fingerprint density at radius 3 is 2.38 bits per heavy atom. The summed E-state index contributed by atoms with van der Waals surface area (Å²) in [6.45, 7) is 5.99. The lowest BCUT2D eigenvalue weighted by Crippen LogP contribution is -2.47. The van der Waals surface area contributed by atoms with Gasteiger partial charge in [0.15, 0.2) is 5.78 Å². The topological polar surface area (TPSA) is 69.0 Å². The second kappa shape index (κ2) is 8.29. The van der Waals surface area contributed by atoms with E-state index in [9.17, 15) is 14.7 Å². The molecule has 1 aromatic carbocycles. The van der Waals surface area contributed by atoms with E-state index in [1.807, 2.05) is 24.1 Å². The summed E-state index contributed by atoms with van der Waals surface area (Å²) in [7, 11) is 1.82. The normalized spacial score (nSPS) is 18.1. The minimum Gasteiger partial charge on any atom is -0.508 e. The quantitative estimate of drug-likeness (QED) is 0.837. The molecule has 1 fully saturated rings. The van der Waals surface area contributed by atoms with Gasteiger partial charge in [0.05, 0.1) is 0 Å². The molecule has 4 rings (SSSR count). The number of aromatic nitrogens is 1. The maximum Gasteiger partial charge on any atom is 0.271 e. The lowest BCUT2D eigenvalue weighted by molar-refractivity contribution is 0.0741. The number of anilines is 1. The number of aromatic hydroxyl groups is 1. The molecule has 3 heterocycles. The third-order valence-electron chi connectivity index (χ3n) is 5.96. The Morgan fingerprint density at radius 1 is 0.931 bits per heavy atom. The highest BCUT2D eigenvalue weighted by Gasteiger charge is 2.29. The van der Waals surface area contributed by atoms with Crippen molar-refractivity contribution in [1.82, 2.24) is 14.4 Å². The number of hydrogen-bond acceptors (Lipinski definition) is 5. The average Bonchev–Trinajstić information content (AvgIpc) is 3.07. The van der Waals surface area contributed by atoms with E-state index in [1.54, 1.807) is 29.0 Å². The summed E-state index contributed by atoms with van der Waals surface area (Å²) in [4.78, 5) is 31.8. The maximum absolute atomic E-state index is 12.9. The van der Waals surface area contributed by atoms with Gasteiger partial charge < -0.3 is 19.5 Å². The number of phenolic OH excluding ortho intramolecular Hbond substituents is 1. The Bertz CT molecular complexity index is 882. The molecule has 1 aromatic heterocycles. The molecule has 7 nitrogen and oxygen atoms in total. The predicted molar refractivity (Wildman–Crippen MR) is 112 cm³/mol. The fraction of sp³-hybridized carbons (Fsp3) is 0.455. The van der Waals surface area contributed by atoms with Crippen LogP contribution in [-0.4, -0.2) is 77.0 Å². The molecule has 0 aliphatic carbocycles. The van der Waals surface area contributed by atoms with Crippen molar-refractivity contribution in [3.8, 4) is 5.75 Å². The van der Waals surface area contributed by atoms with Crippen LogP contribution in [0.15, 0.2) is 36.5 Å². The molecule has 0 bridgehead atoms. The van der Waals surface area contributed by atoms with Gasteiger partial charge in [-0.1, -0.05) is 0 Å². The molecule has 0 radical (unpaired) electrons. The van der Waals surface area contributed by atoms with E-state index in [0.29, 0.717) is 36.5 Å². The first-order chi connectivity index (χ1) is 14.0. The summed E-state index contributed by atoms with van der Waals surface area (Å²) in [6.07, 6.45) is 3.09. The molecule has 0 atom stereocenters. The molecule has 2 aliphatic heterocycles. The number of Topliss-reactive ketones (excluding diaryl/α,β-unsaturated/α-hetero) is 1. The minimum atomic E-state index is -0.0319. The van der Waals surface area contributed by atoms with Crippen molar-refractivity contribution in [3.05, 3.63) is 47.8 Å². The van der Waals surface area contributed by atoms with Crippen LogP contribution in [-0.2, 0) is 7.05 Å².